The molecule has 3 aromatic rings. The van der Waals surface area contributed by atoms with Gasteiger partial charge in [0.25, 0.3) is 5.91 Å². The normalized spacial score (nSPS) is 15.4. The smallest absolute Gasteiger partial charge is 0.339 e. The second kappa shape index (κ2) is 9.17. The van der Waals surface area contributed by atoms with Gasteiger partial charge in [0.1, 0.15) is 0 Å². The van der Waals surface area contributed by atoms with Crippen LogP contribution in [0.4, 0.5) is 0 Å². The van der Waals surface area contributed by atoms with Gasteiger partial charge in [0.15, 0.2) is 18.1 Å². The van der Waals surface area contributed by atoms with Crippen molar-refractivity contribution < 1.29 is 23.8 Å². The molecular formula is C27H26N2O5. The van der Waals surface area contributed by atoms with Gasteiger partial charge in [-0.3, -0.25) is 4.79 Å². The number of aromatic nitrogens is 1. The first-order chi connectivity index (χ1) is 16.5. The van der Waals surface area contributed by atoms with Crippen LogP contribution >= 0.6 is 0 Å². The van der Waals surface area contributed by atoms with Crippen molar-refractivity contribution in [2.75, 3.05) is 13.4 Å². The lowest BCUT2D eigenvalue weighted by atomic mass is 9.86. The van der Waals surface area contributed by atoms with Crippen molar-refractivity contribution in [1.29, 1.82) is 0 Å². The molecule has 174 valence electrons. The molecule has 1 aromatic heterocycles. The molecule has 0 saturated heterocycles. The maximum absolute atomic E-state index is 13.2. The molecule has 7 heteroatoms. The molecule has 0 fully saturated rings. The van der Waals surface area contributed by atoms with Crippen molar-refractivity contribution in [2.24, 2.45) is 0 Å². The summed E-state index contributed by atoms with van der Waals surface area (Å²) in [6, 6.07) is 13.4. The monoisotopic (exact) mass is 458 g/mol. The Balaban J connectivity index is 1.54. The third kappa shape index (κ3) is 4.33. The van der Waals surface area contributed by atoms with Gasteiger partial charge in [0.05, 0.1) is 16.8 Å². The molecule has 0 bridgehead atoms. The van der Waals surface area contributed by atoms with Gasteiger partial charge >= 0.3 is 5.97 Å². The fraction of sp³-hybridized carbons (Fsp3) is 0.296. The maximum Gasteiger partial charge on any atom is 0.339 e. The van der Waals surface area contributed by atoms with Crippen LogP contribution in [0.25, 0.3) is 22.6 Å². The SMILES string of the molecule is CC(C)NC(=O)COC(=O)c1c2c(nc3ccccc13)/C(=C/c1ccc3c(c1)OCO3)CCC2. The molecular weight excluding hydrogens is 432 g/mol. The summed E-state index contributed by atoms with van der Waals surface area (Å²) in [6.07, 6.45) is 4.54. The highest BCUT2D eigenvalue weighted by molar-refractivity contribution is 6.07. The van der Waals surface area contributed by atoms with Crippen LogP contribution in [0, 0.1) is 0 Å². The minimum atomic E-state index is -0.502. The Morgan fingerprint density at radius 1 is 1.12 bits per heavy atom. The molecule has 0 radical (unpaired) electrons. The molecule has 0 unspecified atom stereocenters. The summed E-state index contributed by atoms with van der Waals surface area (Å²) in [7, 11) is 0. The number of hydrogen-bond donors (Lipinski definition) is 1. The van der Waals surface area contributed by atoms with Gasteiger partial charge in [-0.1, -0.05) is 24.3 Å². The van der Waals surface area contributed by atoms with Gasteiger partial charge in [0.2, 0.25) is 6.79 Å². The quantitative estimate of drug-likeness (QED) is 0.566. The Bertz CT molecular complexity index is 1310. The molecule has 1 aliphatic heterocycles. The lowest BCUT2D eigenvalue weighted by molar-refractivity contribution is -0.124. The second-order valence-corrected chi connectivity index (χ2v) is 8.77. The van der Waals surface area contributed by atoms with E-state index in [0.717, 1.165) is 57.6 Å². The van der Waals surface area contributed by atoms with E-state index in [2.05, 4.69) is 11.4 Å². The van der Waals surface area contributed by atoms with E-state index in [4.69, 9.17) is 19.2 Å². The minimum Gasteiger partial charge on any atom is -0.454 e. The Morgan fingerprint density at radius 2 is 1.94 bits per heavy atom. The van der Waals surface area contributed by atoms with Gasteiger partial charge in [0, 0.05) is 11.4 Å². The van der Waals surface area contributed by atoms with E-state index in [9.17, 15) is 9.59 Å². The Hall–Kier alpha value is -3.87. The number of rotatable bonds is 5. The zero-order chi connectivity index (χ0) is 23.7. The van der Waals surface area contributed by atoms with E-state index < -0.39 is 5.97 Å². The second-order valence-electron chi connectivity index (χ2n) is 8.77. The topological polar surface area (TPSA) is 86.8 Å². The first-order valence-corrected chi connectivity index (χ1v) is 11.5. The summed E-state index contributed by atoms with van der Waals surface area (Å²) in [5.74, 6) is 0.639. The fourth-order valence-corrected chi connectivity index (χ4v) is 4.48. The first-order valence-electron chi connectivity index (χ1n) is 11.5. The largest absolute Gasteiger partial charge is 0.454 e. The van der Waals surface area contributed by atoms with Crippen molar-refractivity contribution in [3.63, 3.8) is 0 Å². The van der Waals surface area contributed by atoms with Crippen LogP contribution in [0.2, 0.25) is 0 Å². The number of esters is 1. The number of carbonyl (C=O) groups excluding carboxylic acids is 2. The average molecular weight is 459 g/mol. The number of pyridine rings is 1. The van der Waals surface area contributed by atoms with E-state index >= 15 is 0 Å². The number of amides is 1. The number of carbonyl (C=O) groups is 2. The van der Waals surface area contributed by atoms with Gasteiger partial charge in [-0.15, -0.1) is 0 Å². The summed E-state index contributed by atoms with van der Waals surface area (Å²) >= 11 is 0. The molecule has 2 heterocycles. The first kappa shape index (κ1) is 21.9. The lowest BCUT2D eigenvalue weighted by Crippen LogP contribution is -2.34. The Morgan fingerprint density at radius 3 is 2.79 bits per heavy atom. The standard InChI is InChI=1S/C27H26N2O5/c1-16(2)28-24(30)14-32-27(31)25-19-7-3-4-9-21(19)29-26-18(6-5-8-20(25)26)12-17-10-11-22-23(13-17)34-15-33-22/h3-4,7,9-13,16H,5-6,8,14-15H2,1-2H3,(H,28,30)/b18-12+. The molecule has 2 aliphatic rings. The molecule has 0 saturated carbocycles. The third-order valence-corrected chi connectivity index (χ3v) is 5.90. The highest BCUT2D eigenvalue weighted by Gasteiger charge is 2.26. The summed E-state index contributed by atoms with van der Waals surface area (Å²) in [4.78, 5) is 30.2. The molecule has 0 spiro atoms. The number of allylic oxidation sites excluding steroid dienone is 1. The molecule has 7 nitrogen and oxygen atoms in total. The predicted octanol–water partition coefficient (Wildman–Crippen LogP) is 4.52. The highest BCUT2D eigenvalue weighted by atomic mass is 16.7. The zero-order valence-corrected chi connectivity index (χ0v) is 19.2. The molecule has 2 aromatic carbocycles. The van der Waals surface area contributed by atoms with Crippen molar-refractivity contribution in [3.05, 3.63) is 64.8 Å². The number of ether oxygens (including phenoxy) is 3. The van der Waals surface area contributed by atoms with E-state index in [1.807, 2.05) is 56.3 Å². The predicted molar refractivity (Wildman–Crippen MR) is 129 cm³/mol. The Kier molecular flexibility index (Phi) is 5.92. The van der Waals surface area contributed by atoms with Crippen LogP contribution < -0.4 is 14.8 Å². The summed E-state index contributed by atoms with van der Waals surface area (Å²) in [5.41, 5.74) is 4.92. The molecule has 1 aliphatic carbocycles. The number of para-hydroxylation sites is 1. The minimum absolute atomic E-state index is 0.0235. The van der Waals surface area contributed by atoms with Crippen LogP contribution in [-0.2, 0) is 16.0 Å². The molecule has 34 heavy (non-hydrogen) atoms. The number of nitrogens with zero attached hydrogens (tertiary/aromatic N) is 1. The average Bonchev–Trinajstić information content (AvgIpc) is 3.29. The number of fused-ring (bicyclic) bond motifs is 3. The summed E-state index contributed by atoms with van der Waals surface area (Å²) in [6.45, 7) is 3.63. The van der Waals surface area contributed by atoms with Crippen molar-refractivity contribution in [3.8, 4) is 11.5 Å². The zero-order valence-electron chi connectivity index (χ0n) is 19.2. The van der Waals surface area contributed by atoms with Crippen LogP contribution in [0.3, 0.4) is 0 Å². The summed E-state index contributed by atoms with van der Waals surface area (Å²) < 4.78 is 16.4. The van der Waals surface area contributed by atoms with Gasteiger partial charge in [-0.25, -0.2) is 9.78 Å². The lowest BCUT2D eigenvalue weighted by Gasteiger charge is -2.22. The van der Waals surface area contributed by atoms with Crippen LogP contribution in [-0.4, -0.2) is 36.3 Å². The van der Waals surface area contributed by atoms with E-state index in [0.29, 0.717) is 12.0 Å². The summed E-state index contributed by atoms with van der Waals surface area (Å²) in [5, 5.41) is 3.48. The van der Waals surface area contributed by atoms with Crippen LogP contribution in [0.5, 0.6) is 11.5 Å². The molecule has 5 rings (SSSR count). The van der Waals surface area contributed by atoms with Crippen molar-refractivity contribution >= 4 is 34.4 Å². The molecule has 1 amide bonds. The van der Waals surface area contributed by atoms with Crippen molar-refractivity contribution in [1.82, 2.24) is 10.3 Å². The fourth-order valence-electron chi connectivity index (χ4n) is 4.48. The molecule has 1 N–H and O–H groups in total. The highest BCUT2D eigenvalue weighted by Crippen LogP contribution is 2.38. The maximum atomic E-state index is 13.2. The van der Waals surface area contributed by atoms with E-state index in [1.54, 1.807) is 0 Å². The molecule has 0 atom stereocenters. The number of benzene rings is 2. The van der Waals surface area contributed by atoms with E-state index in [1.165, 1.54) is 0 Å². The van der Waals surface area contributed by atoms with Crippen LogP contribution in [0.1, 0.15) is 53.9 Å². The van der Waals surface area contributed by atoms with Gasteiger partial charge < -0.3 is 19.5 Å². The number of hydrogen-bond acceptors (Lipinski definition) is 6. The van der Waals surface area contributed by atoms with Gasteiger partial charge in [-0.2, -0.15) is 0 Å². The third-order valence-electron chi connectivity index (χ3n) is 5.90. The van der Waals surface area contributed by atoms with Crippen molar-refractivity contribution in [2.45, 2.75) is 39.2 Å². The number of nitrogens with one attached hydrogen (secondary N) is 1. The van der Waals surface area contributed by atoms with Gasteiger partial charge in [-0.05, 0) is 74.1 Å². The van der Waals surface area contributed by atoms with Crippen LogP contribution in [0.15, 0.2) is 42.5 Å². The van der Waals surface area contributed by atoms with E-state index in [-0.39, 0.29) is 25.3 Å². The Labute approximate surface area is 197 Å².